The molecule has 82 valence electrons. The monoisotopic (exact) mass is 217 g/mol. The molecule has 1 atom stereocenters. The van der Waals surface area contributed by atoms with Crippen molar-refractivity contribution in [1.82, 2.24) is 9.80 Å². The fraction of sp³-hybridized carbons (Fsp3) is 0.900. The van der Waals surface area contributed by atoms with Crippen LogP contribution < -0.4 is 0 Å². The summed E-state index contributed by atoms with van der Waals surface area (Å²) >= 11 is 5.79. The molecule has 0 N–H and O–H groups in total. The minimum Gasteiger partial charge on any atom is -0.308 e. The van der Waals surface area contributed by atoms with Crippen LogP contribution >= 0.6 is 11.6 Å². The van der Waals surface area contributed by atoms with E-state index in [1.54, 1.807) is 0 Å². The second-order valence-corrected chi connectivity index (χ2v) is 4.23. The first kappa shape index (κ1) is 13.7. The third-order valence-corrected chi connectivity index (χ3v) is 2.20. The zero-order valence-corrected chi connectivity index (χ0v) is 10.1. The van der Waals surface area contributed by atoms with E-state index in [9.17, 15) is 0 Å². The third-order valence-electron chi connectivity index (χ3n) is 1.96. The summed E-state index contributed by atoms with van der Waals surface area (Å²) in [6.07, 6.45) is 1.10. The van der Waals surface area contributed by atoms with E-state index < -0.39 is 0 Å². The van der Waals surface area contributed by atoms with Crippen LogP contribution in [0.4, 0.5) is 0 Å². The molecular formula is C10H20ClN3. The Morgan fingerprint density at radius 3 is 2.36 bits per heavy atom. The zero-order chi connectivity index (χ0) is 11.0. The molecule has 0 saturated carbocycles. The van der Waals surface area contributed by atoms with Gasteiger partial charge in [0.05, 0.1) is 6.07 Å². The lowest BCUT2D eigenvalue weighted by Crippen LogP contribution is -2.36. The summed E-state index contributed by atoms with van der Waals surface area (Å²) in [7, 11) is 4.10. The molecule has 0 aliphatic heterocycles. The number of rotatable bonds is 7. The first-order valence-electron chi connectivity index (χ1n) is 5.01. The highest BCUT2D eigenvalue weighted by Crippen LogP contribution is 2.00. The lowest BCUT2D eigenvalue weighted by molar-refractivity contribution is 0.246. The Kier molecular flexibility index (Phi) is 7.87. The Morgan fingerprint density at radius 1 is 1.29 bits per heavy atom. The number of halogens is 1. The summed E-state index contributed by atoms with van der Waals surface area (Å²) in [6, 6.07) is 2.05. The second-order valence-electron chi connectivity index (χ2n) is 3.70. The summed E-state index contributed by atoms with van der Waals surface area (Å²) in [5, 5.41) is 8.22. The largest absolute Gasteiger partial charge is 0.308 e. The third kappa shape index (κ3) is 7.14. The highest BCUT2D eigenvalue weighted by Gasteiger charge is 2.10. The van der Waals surface area contributed by atoms with Gasteiger partial charge >= 0.3 is 0 Å². The molecule has 0 aromatic rings. The van der Waals surface area contributed by atoms with Gasteiger partial charge in [0.25, 0.3) is 0 Å². The number of hydrogen-bond donors (Lipinski definition) is 0. The van der Waals surface area contributed by atoms with Gasteiger partial charge in [-0.15, -0.1) is 11.6 Å². The summed E-state index contributed by atoms with van der Waals surface area (Å²) < 4.78 is 0. The first-order valence-corrected chi connectivity index (χ1v) is 5.44. The van der Waals surface area contributed by atoms with Gasteiger partial charge in [-0.25, -0.2) is 0 Å². The van der Waals surface area contributed by atoms with Crippen molar-refractivity contribution in [2.75, 3.05) is 40.3 Å². The number of hydrogen-bond acceptors (Lipinski definition) is 3. The predicted molar refractivity (Wildman–Crippen MR) is 60.5 cm³/mol. The highest BCUT2D eigenvalue weighted by molar-refractivity contribution is 6.22. The normalized spacial score (nSPS) is 13.2. The molecule has 0 bridgehead atoms. The van der Waals surface area contributed by atoms with E-state index in [4.69, 9.17) is 16.9 Å². The molecule has 0 aliphatic rings. The Labute approximate surface area is 92.2 Å². The molecule has 4 heteroatoms. The van der Waals surface area contributed by atoms with E-state index in [-0.39, 0.29) is 5.38 Å². The Morgan fingerprint density at radius 2 is 1.93 bits per heavy atom. The molecule has 0 aromatic heterocycles. The van der Waals surface area contributed by atoms with Crippen LogP contribution in [0.5, 0.6) is 0 Å². The topological polar surface area (TPSA) is 30.3 Å². The maximum atomic E-state index is 8.61. The summed E-state index contributed by atoms with van der Waals surface area (Å²) in [5.41, 5.74) is 0. The summed E-state index contributed by atoms with van der Waals surface area (Å²) in [6.45, 7) is 5.80. The number of nitrogens with zero attached hydrogens (tertiary/aromatic N) is 3. The quantitative estimate of drug-likeness (QED) is 0.604. The van der Waals surface area contributed by atoms with E-state index in [1.807, 2.05) is 14.1 Å². The van der Waals surface area contributed by atoms with Crippen molar-refractivity contribution in [3.8, 4) is 6.07 Å². The highest BCUT2D eigenvalue weighted by atomic mass is 35.5. The van der Waals surface area contributed by atoms with Crippen molar-refractivity contribution in [1.29, 1.82) is 5.26 Å². The van der Waals surface area contributed by atoms with E-state index in [0.717, 1.165) is 26.1 Å². The van der Waals surface area contributed by atoms with E-state index >= 15 is 0 Å². The molecule has 0 fully saturated rings. The van der Waals surface area contributed by atoms with Crippen molar-refractivity contribution in [3.63, 3.8) is 0 Å². The molecular weight excluding hydrogens is 198 g/mol. The maximum Gasteiger partial charge on any atom is 0.133 e. The molecule has 1 unspecified atom stereocenters. The van der Waals surface area contributed by atoms with E-state index in [2.05, 4.69) is 22.8 Å². The van der Waals surface area contributed by atoms with Crippen LogP contribution in [-0.2, 0) is 0 Å². The fourth-order valence-electron chi connectivity index (χ4n) is 1.22. The second kappa shape index (κ2) is 8.05. The SMILES string of the molecule is CCCN(CCN(C)C)CC(Cl)C#N. The van der Waals surface area contributed by atoms with E-state index in [0.29, 0.717) is 6.54 Å². The fourth-order valence-corrected chi connectivity index (χ4v) is 1.41. The molecule has 0 amide bonds. The number of likely N-dealkylation sites (N-methyl/N-ethyl adjacent to an activating group) is 1. The van der Waals surface area contributed by atoms with Crippen molar-refractivity contribution in [3.05, 3.63) is 0 Å². The maximum absolute atomic E-state index is 8.61. The molecule has 0 aliphatic carbocycles. The Hall–Kier alpha value is -0.300. The molecule has 14 heavy (non-hydrogen) atoms. The van der Waals surface area contributed by atoms with Gasteiger partial charge in [0.1, 0.15) is 5.38 Å². The van der Waals surface area contributed by atoms with Gasteiger partial charge in [-0.2, -0.15) is 5.26 Å². The van der Waals surface area contributed by atoms with E-state index in [1.165, 1.54) is 0 Å². The first-order chi connectivity index (χ1) is 6.60. The zero-order valence-electron chi connectivity index (χ0n) is 9.33. The number of nitriles is 1. The Balaban J connectivity index is 3.83. The van der Waals surface area contributed by atoms with Crippen LogP contribution in [-0.4, -0.2) is 55.5 Å². The van der Waals surface area contributed by atoms with Crippen LogP contribution in [0.2, 0.25) is 0 Å². The van der Waals surface area contributed by atoms with Crippen molar-refractivity contribution in [2.24, 2.45) is 0 Å². The van der Waals surface area contributed by atoms with Gasteiger partial charge in [-0.3, -0.25) is 4.90 Å². The lowest BCUT2D eigenvalue weighted by Gasteiger charge is -2.23. The van der Waals surface area contributed by atoms with Gasteiger partial charge in [-0.1, -0.05) is 6.92 Å². The van der Waals surface area contributed by atoms with Crippen LogP contribution in [0.15, 0.2) is 0 Å². The number of alkyl halides is 1. The van der Waals surface area contributed by atoms with Crippen molar-refractivity contribution in [2.45, 2.75) is 18.7 Å². The molecule has 0 heterocycles. The molecule has 0 radical (unpaired) electrons. The van der Waals surface area contributed by atoms with Crippen LogP contribution in [0.3, 0.4) is 0 Å². The molecule has 0 spiro atoms. The minimum absolute atomic E-state index is 0.385. The van der Waals surface area contributed by atoms with Crippen LogP contribution in [0.1, 0.15) is 13.3 Å². The summed E-state index contributed by atoms with van der Waals surface area (Å²) in [4.78, 5) is 4.37. The summed E-state index contributed by atoms with van der Waals surface area (Å²) in [5.74, 6) is 0. The standard InChI is InChI=1S/C10H20ClN3/c1-4-5-14(7-6-13(2)3)9-10(11)8-12/h10H,4-7,9H2,1-3H3. The van der Waals surface area contributed by atoms with Gasteiger partial charge < -0.3 is 4.90 Å². The Bertz CT molecular complexity index is 177. The molecule has 0 aromatic carbocycles. The van der Waals surface area contributed by atoms with Crippen LogP contribution in [0, 0.1) is 11.3 Å². The van der Waals surface area contributed by atoms with Crippen molar-refractivity contribution >= 4 is 11.6 Å². The average Bonchev–Trinajstić information content (AvgIpc) is 2.14. The lowest BCUT2D eigenvalue weighted by atomic mass is 10.3. The predicted octanol–water partition coefficient (Wildman–Crippen LogP) is 1.39. The van der Waals surface area contributed by atoms with Gasteiger partial charge in [0, 0.05) is 19.6 Å². The van der Waals surface area contributed by atoms with Gasteiger partial charge in [0.15, 0.2) is 0 Å². The molecule has 3 nitrogen and oxygen atoms in total. The van der Waals surface area contributed by atoms with Crippen LogP contribution in [0.25, 0.3) is 0 Å². The average molecular weight is 218 g/mol. The minimum atomic E-state index is -0.385. The van der Waals surface area contributed by atoms with Gasteiger partial charge in [0.2, 0.25) is 0 Å². The van der Waals surface area contributed by atoms with Gasteiger partial charge in [-0.05, 0) is 27.1 Å². The smallest absolute Gasteiger partial charge is 0.133 e. The van der Waals surface area contributed by atoms with Crippen molar-refractivity contribution < 1.29 is 0 Å². The molecule has 0 rings (SSSR count). The molecule has 0 saturated heterocycles.